The molecule has 5 heteroatoms. The number of amides is 1. The summed E-state index contributed by atoms with van der Waals surface area (Å²) in [6, 6.07) is 1.70. The molecule has 0 fully saturated rings. The van der Waals surface area contributed by atoms with Gasteiger partial charge >= 0.3 is 0 Å². The highest BCUT2D eigenvalue weighted by Gasteiger charge is 2.25. The Morgan fingerprint density at radius 2 is 2.15 bits per heavy atom. The van der Waals surface area contributed by atoms with Crippen molar-refractivity contribution in [3.8, 4) is 0 Å². The third-order valence-corrected chi connectivity index (χ3v) is 3.60. The minimum atomic E-state index is -0.0713. The van der Waals surface area contributed by atoms with Crippen LogP contribution in [0, 0.1) is 3.57 Å². The minimum Gasteiger partial charge on any atom is -0.348 e. The molecule has 0 saturated heterocycles. The summed E-state index contributed by atoms with van der Waals surface area (Å²) < 4.78 is 0.844. The molecule has 13 heavy (non-hydrogen) atoms. The summed E-state index contributed by atoms with van der Waals surface area (Å²) in [4.78, 5) is 11.3. The maximum Gasteiger partial charge on any atom is 0.253 e. The number of benzene rings is 1. The van der Waals surface area contributed by atoms with Crippen LogP contribution in [0.4, 0.5) is 0 Å². The van der Waals surface area contributed by atoms with E-state index in [1.807, 2.05) is 0 Å². The Bertz CT molecular complexity index is 406. The van der Waals surface area contributed by atoms with Crippen LogP contribution in [0.25, 0.3) is 0 Å². The van der Waals surface area contributed by atoms with Gasteiger partial charge in [0.05, 0.1) is 15.6 Å². The molecule has 2 nitrogen and oxygen atoms in total. The second-order valence-electron chi connectivity index (χ2n) is 2.69. The fourth-order valence-electron chi connectivity index (χ4n) is 1.31. The van der Waals surface area contributed by atoms with Gasteiger partial charge in [0.1, 0.15) is 0 Å². The van der Waals surface area contributed by atoms with Crippen molar-refractivity contribution in [3.63, 3.8) is 0 Å². The number of rotatable bonds is 0. The predicted molar refractivity (Wildman–Crippen MR) is 60.3 cm³/mol. The molecule has 2 rings (SSSR count). The first-order valence-corrected chi connectivity index (χ1v) is 5.39. The highest BCUT2D eigenvalue weighted by atomic mass is 127. The summed E-state index contributed by atoms with van der Waals surface area (Å²) >= 11 is 13.9. The van der Waals surface area contributed by atoms with Crippen molar-refractivity contribution in [1.82, 2.24) is 5.32 Å². The smallest absolute Gasteiger partial charge is 0.253 e. The molecule has 1 aromatic rings. The van der Waals surface area contributed by atoms with E-state index < -0.39 is 0 Å². The fraction of sp³-hybridized carbons (Fsp3) is 0.125. The lowest BCUT2D eigenvalue weighted by molar-refractivity contribution is 0.0965. The number of fused-ring (bicyclic) bond motifs is 1. The molecule has 0 bridgehead atoms. The molecular weight excluding hydrogens is 324 g/mol. The van der Waals surface area contributed by atoms with Crippen LogP contribution in [-0.4, -0.2) is 5.91 Å². The number of nitrogens with one attached hydrogen (secondary N) is 1. The van der Waals surface area contributed by atoms with Crippen molar-refractivity contribution < 1.29 is 4.79 Å². The van der Waals surface area contributed by atoms with E-state index >= 15 is 0 Å². The zero-order valence-electron chi connectivity index (χ0n) is 6.33. The van der Waals surface area contributed by atoms with Gasteiger partial charge in [0.15, 0.2) is 0 Å². The van der Waals surface area contributed by atoms with E-state index in [2.05, 4.69) is 27.9 Å². The van der Waals surface area contributed by atoms with Gasteiger partial charge in [-0.25, -0.2) is 0 Å². The van der Waals surface area contributed by atoms with Crippen molar-refractivity contribution in [2.75, 3.05) is 0 Å². The predicted octanol–water partition coefficient (Wildman–Crippen LogP) is 2.84. The summed E-state index contributed by atoms with van der Waals surface area (Å²) in [5.41, 5.74) is 1.47. The van der Waals surface area contributed by atoms with Crippen molar-refractivity contribution in [1.29, 1.82) is 0 Å². The molecule has 0 aromatic heterocycles. The van der Waals surface area contributed by atoms with Crippen LogP contribution >= 0.6 is 45.8 Å². The quantitative estimate of drug-likeness (QED) is 0.576. The van der Waals surface area contributed by atoms with Gasteiger partial charge in [-0.15, -0.1) is 0 Å². The lowest BCUT2D eigenvalue weighted by Gasteiger charge is -2.03. The van der Waals surface area contributed by atoms with Gasteiger partial charge in [0, 0.05) is 15.7 Å². The summed E-state index contributed by atoms with van der Waals surface area (Å²) in [7, 11) is 0. The van der Waals surface area contributed by atoms with E-state index in [1.165, 1.54) is 0 Å². The zero-order valence-corrected chi connectivity index (χ0v) is 10.00. The van der Waals surface area contributed by atoms with Crippen LogP contribution < -0.4 is 5.32 Å². The molecule has 1 N–H and O–H groups in total. The van der Waals surface area contributed by atoms with Crippen LogP contribution in [0.1, 0.15) is 15.9 Å². The number of hydrogen-bond donors (Lipinski definition) is 1. The number of carbonyl (C=O) groups excluding carboxylic acids is 1. The van der Waals surface area contributed by atoms with E-state index in [0.29, 0.717) is 22.2 Å². The monoisotopic (exact) mass is 327 g/mol. The third kappa shape index (κ3) is 1.43. The average molecular weight is 328 g/mol. The fourth-order valence-corrected chi connectivity index (χ4v) is 2.82. The first-order chi connectivity index (χ1) is 6.11. The first-order valence-electron chi connectivity index (χ1n) is 3.56. The van der Waals surface area contributed by atoms with E-state index in [0.717, 1.165) is 9.13 Å². The SMILES string of the molecule is O=C1NCc2c(Cl)c(Cl)cc(I)c21. The van der Waals surface area contributed by atoms with Crippen LogP contribution in [0.5, 0.6) is 0 Å². The molecule has 0 spiro atoms. The Kier molecular flexibility index (Phi) is 2.42. The summed E-state index contributed by atoms with van der Waals surface area (Å²) in [6.45, 7) is 0.476. The summed E-state index contributed by atoms with van der Waals surface area (Å²) in [6.07, 6.45) is 0. The third-order valence-electron chi connectivity index (χ3n) is 1.92. The molecule has 1 aliphatic rings. The molecule has 0 aliphatic carbocycles. The van der Waals surface area contributed by atoms with Crippen LogP contribution in [0.2, 0.25) is 10.0 Å². The largest absolute Gasteiger partial charge is 0.348 e. The zero-order chi connectivity index (χ0) is 9.59. The van der Waals surface area contributed by atoms with Crippen LogP contribution in [0.15, 0.2) is 6.07 Å². The first kappa shape index (κ1) is 9.55. The van der Waals surface area contributed by atoms with E-state index in [4.69, 9.17) is 23.2 Å². The van der Waals surface area contributed by atoms with Crippen molar-refractivity contribution >= 4 is 51.7 Å². The Labute approximate surface area is 98.7 Å². The van der Waals surface area contributed by atoms with Gasteiger partial charge in [-0.1, -0.05) is 23.2 Å². The molecule has 1 aliphatic heterocycles. The van der Waals surface area contributed by atoms with Crippen molar-refractivity contribution in [2.24, 2.45) is 0 Å². The Hall–Kier alpha value is -0.000000000000000111. The van der Waals surface area contributed by atoms with Gasteiger partial charge in [-0.3, -0.25) is 4.79 Å². The second-order valence-corrected chi connectivity index (χ2v) is 4.64. The van der Waals surface area contributed by atoms with Gasteiger partial charge in [-0.05, 0) is 28.7 Å². The number of halogens is 3. The lowest BCUT2D eigenvalue weighted by Crippen LogP contribution is -2.13. The molecule has 1 amide bonds. The highest BCUT2D eigenvalue weighted by molar-refractivity contribution is 14.1. The second kappa shape index (κ2) is 3.29. The van der Waals surface area contributed by atoms with Gasteiger partial charge < -0.3 is 5.32 Å². The molecular formula is C8H4Cl2INO. The molecule has 0 atom stereocenters. The summed E-state index contributed by atoms with van der Waals surface area (Å²) in [5, 5.41) is 3.69. The van der Waals surface area contributed by atoms with Gasteiger partial charge in [0.25, 0.3) is 5.91 Å². The molecule has 0 saturated carbocycles. The number of hydrogen-bond acceptors (Lipinski definition) is 1. The molecule has 1 aromatic carbocycles. The Morgan fingerprint density at radius 3 is 2.85 bits per heavy atom. The highest BCUT2D eigenvalue weighted by Crippen LogP contribution is 2.34. The summed E-state index contributed by atoms with van der Waals surface area (Å²) in [5.74, 6) is -0.0713. The molecule has 68 valence electrons. The van der Waals surface area contributed by atoms with Gasteiger partial charge in [0.2, 0.25) is 0 Å². The van der Waals surface area contributed by atoms with Crippen LogP contribution in [-0.2, 0) is 6.54 Å². The normalized spacial score (nSPS) is 14.2. The standard InChI is InChI=1S/C8H4Cl2INO/c9-4-1-5(11)6-3(7(4)10)2-12-8(6)13/h1H,2H2,(H,12,13). The molecule has 0 unspecified atom stereocenters. The van der Waals surface area contributed by atoms with E-state index in [1.54, 1.807) is 6.07 Å². The Morgan fingerprint density at radius 1 is 1.46 bits per heavy atom. The van der Waals surface area contributed by atoms with Crippen molar-refractivity contribution in [2.45, 2.75) is 6.54 Å². The van der Waals surface area contributed by atoms with Gasteiger partial charge in [-0.2, -0.15) is 0 Å². The maximum atomic E-state index is 11.3. The van der Waals surface area contributed by atoms with E-state index in [-0.39, 0.29) is 5.91 Å². The minimum absolute atomic E-state index is 0.0713. The average Bonchev–Trinajstić information content (AvgIpc) is 2.44. The maximum absolute atomic E-state index is 11.3. The molecule has 0 radical (unpaired) electrons. The van der Waals surface area contributed by atoms with Crippen molar-refractivity contribution in [3.05, 3.63) is 30.8 Å². The molecule has 1 heterocycles. The topological polar surface area (TPSA) is 29.1 Å². The number of carbonyl (C=O) groups is 1. The Balaban J connectivity index is 2.76. The van der Waals surface area contributed by atoms with E-state index in [9.17, 15) is 4.79 Å². The van der Waals surface area contributed by atoms with Crippen LogP contribution in [0.3, 0.4) is 0 Å². The lowest BCUT2D eigenvalue weighted by atomic mass is 10.1.